The van der Waals surface area contributed by atoms with Crippen LogP contribution in [0.15, 0.2) is 40.4 Å². The third-order valence-electron chi connectivity index (χ3n) is 4.79. The van der Waals surface area contributed by atoms with E-state index in [4.69, 9.17) is 0 Å². The van der Waals surface area contributed by atoms with Crippen molar-refractivity contribution in [2.24, 2.45) is 7.05 Å². The molecule has 2 heterocycles. The van der Waals surface area contributed by atoms with E-state index < -0.39 is 20.0 Å². The zero-order valence-electron chi connectivity index (χ0n) is 15.9. The van der Waals surface area contributed by atoms with Gasteiger partial charge in [-0.1, -0.05) is 12.1 Å². The van der Waals surface area contributed by atoms with Crippen molar-refractivity contribution in [1.82, 2.24) is 18.2 Å². The Morgan fingerprint density at radius 3 is 1.86 bits per heavy atom. The molecule has 9 nitrogen and oxygen atoms in total. The SMILES string of the molecule is CC(=O)c1ccc(S(=O)(=O)N2CCN(S(=O)(=O)c3cn(C)c(C)n3)CC2)cc1. The fourth-order valence-electron chi connectivity index (χ4n) is 2.94. The van der Waals surface area contributed by atoms with Crippen LogP contribution in [0.5, 0.6) is 0 Å². The van der Waals surface area contributed by atoms with Crippen molar-refractivity contribution >= 4 is 25.8 Å². The Kier molecular flexibility index (Phi) is 5.45. The van der Waals surface area contributed by atoms with Crippen molar-refractivity contribution in [3.8, 4) is 0 Å². The summed E-state index contributed by atoms with van der Waals surface area (Å²) in [5.41, 5.74) is 0.431. The molecular formula is C17H22N4O5S2. The lowest BCUT2D eigenvalue weighted by molar-refractivity contribution is 0.101. The average molecular weight is 427 g/mol. The Hall–Kier alpha value is -2.08. The molecule has 0 aliphatic carbocycles. The summed E-state index contributed by atoms with van der Waals surface area (Å²) in [6.07, 6.45) is 1.45. The van der Waals surface area contributed by atoms with Gasteiger partial charge in [-0.2, -0.15) is 8.61 Å². The average Bonchev–Trinajstić information content (AvgIpc) is 3.01. The first-order chi connectivity index (χ1) is 13.0. The van der Waals surface area contributed by atoms with Crippen LogP contribution in [-0.2, 0) is 27.1 Å². The Morgan fingerprint density at radius 2 is 1.43 bits per heavy atom. The number of Topliss-reactive ketones (excluding diaryl/α,β-unsaturated/α-hetero) is 1. The fraction of sp³-hybridized carbons (Fsp3) is 0.412. The number of ketones is 1. The lowest BCUT2D eigenvalue weighted by Crippen LogP contribution is -2.50. The number of hydrogen-bond donors (Lipinski definition) is 0. The molecule has 3 rings (SSSR count). The molecule has 1 fully saturated rings. The summed E-state index contributed by atoms with van der Waals surface area (Å²) in [6.45, 7) is 3.29. The highest BCUT2D eigenvalue weighted by atomic mass is 32.2. The molecule has 2 aromatic rings. The lowest BCUT2D eigenvalue weighted by Gasteiger charge is -2.32. The number of hydrogen-bond acceptors (Lipinski definition) is 6. The quantitative estimate of drug-likeness (QED) is 0.649. The number of rotatable bonds is 5. The van der Waals surface area contributed by atoms with Crippen LogP contribution in [0.25, 0.3) is 0 Å². The number of aromatic nitrogens is 2. The summed E-state index contributed by atoms with van der Waals surface area (Å²) in [7, 11) is -5.82. The van der Waals surface area contributed by atoms with Gasteiger partial charge in [0.2, 0.25) is 10.0 Å². The van der Waals surface area contributed by atoms with E-state index in [1.165, 1.54) is 46.0 Å². The number of carbonyl (C=O) groups excluding carboxylic acids is 1. The Bertz CT molecular complexity index is 1080. The van der Waals surface area contributed by atoms with Crippen LogP contribution in [0.2, 0.25) is 0 Å². The number of nitrogens with zero attached hydrogens (tertiary/aromatic N) is 4. The Morgan fingerprint density at radius 1 is 0.929 bits per heavy atom. The van der Waals surface area contributed by atoms with Gasteiger partial charge in [0, 0.05) is 45.0 Å². The van der Waals surface area contributed by atoms with Gasteiger partial charge >= 0.3 is 0 Å². The number of carbonyl (C=O) groups is 1. The third kappa shape index (κ3) is 3.75. The van der Waals surface area contributed by atoms with Gasteiger partial charge in [0.05, 0.1) is 4.90 Å². The minimum atomic E-state index is -3.77. The van der Waals surface area contributed by atoms with E-state index in [0.29, 0.717) is 11.4 Å². The first-order valence-corrected chi connectivity index (χ1v) is 11.5. The molecule has 0 saturated carbocycles. The van der Waals surface area contributed by atoms with E-state index in [1.807, 2.05) is 0 Å². The van der Waals surface area contributed by atoms with Gasteiger partial charge < -0.3 is 4.57 Å². The first-order valence-electron chi connectivity index (χ1n) is 8.65. The highest BCUT2D eigenvalue weighted by Crippen LogP contribution is 2.22. The number of piperazine rings is 1. The van der Waals surface area contributed by atoms with Gasteiger partial charge in [0.1, 0.15) is 5.82 Å². The van der Waals surface area contributed by atoms with E-state index >= 15 is 0 Å². The summed E-state index contributed by atoms with van der Waals surface area (Å²) in [4.78, 5) is 15.5. The van der Waals surface area contributed by atoms with E-state index in [0.717, 1.165) is 0 Å². The van der Waals surface area contributed by atoms with E-state index in [1.54, 1.807) is 18.5 Å². The predicted molar refractivity (Wildman–Crippen MR) is 102 cm³/mol. The van der Waals surface area contributed by atoms with Gasteiger partial charge in [-0.25, -0.2) is 21.8 Å². The third-order valence-corrected chi connectivity index (χ3v) is 8.47. The molecule has 1 aliphatic rings. The van der Waals surface area contributed by atoms with Crippen molar-refractivity contribution in [2.75, 3.05) is 26.2 Å². The van der Waals surface area contributed by atoms with Gasteiger partial charge in [0.15, 0.2) is 10.8 Å². The van der Waals surface area contributed by atoms with Gasteiger partial charge in [0.25, 0.3) is 10.0 Å². The second-order valence-electron chi connectivity index (χ2n) is 6.63. The molecule has 1 aromatic carbocycles. The van der Waals surface area contributed by atoms with Crippen LogP contribution < -0.4 is 0 Å². The summed E-state index contributed by atoms with van der Waals surface area (Å²) in [5, 5.41) is -0.0383. The molecule has 0 spiro atoms. The molecule has 1 saturated heterocycles. The van der Waals surface area contributed by atoms with Crippen LogP contribution in [-0.4, -0.2) is 67.0 Å². The maximum Gasteiger partial charge on any atom is 0.262 e. The lowest BCUT2D eigenvalue weighted by atomic mass is 10.2. The largest absolute Gasteiger partial charge is 0.337 e. The Labute approximate surface area is 164 Å². The van der Waals surface area contributed by atoms with E-state index in [2.05, 4.69) is 4.98 Å². The molecule has 1 aromatic heterocycles. The maximum atomic E-state index is 12.8. The summed E-state index contributed by atoms with van der Waals surface area (Å²) < 4.78 is 55.2. The van der Waals surface area contributed by atoms with Gasteiger partial charge in [-0.15, -0.1) is 0 Å². The number of sulfonamides is 2. The molecule has 0 unspecified atom stereocenters. The number of benzene rings is 1. The zero-order valence-corrected chi connectivity index (χ0v) is 17.5. The van der Waals surface area contributed by atoms with Crippen LogP contribution in [0.4, 0.5) is 0 Å². The van der Waals surface area contributed by atoms with Crippen molar-refractivity contribution in [2.45, 2.75) is 23.8 Å². The Balaban J connectivity index is 1.74. The molecule has 0 N–H and O–H groups in total. The highest BCUT2D eigenvalue weighted by molar-refractivity contribution is 7.89. The molecule has 28 heavy (non-hydrogen) atoms. The molecule has 11 heteroatoms. The van der Waals surface area contributed by atoms with Crippen molar-refractivity contribution in [3.05, 3.63) is 41.9 Å². The van der Waals surface area contributed by atoms with Crippen molar-refractivity contribution < 1.29 is 21.6 Å². The van der Waals surface area contributed by atoms with Crippen LogP contribution in [0.1, 0.15) is 23.1 Å². The minimum absolute atomic E-state index is 0.0383. The highest BCUT2D eigenvalue weighted by Gasteiger charge is 2.34. The molecule has 0 radical (unpaired) electrons. The van der Waals surface area contributed by atoms with Crippen LogP contribution in [0.3, 0.4) is 0 Å². The fourth-order valence-corrected chi connectivity index (χ4v) is 5.81. The number of imidazole rings is 1. The van der Waals surface area contributed by atoms with E-state index in [9.17, 15) is 21.6 Å². The molecule has 1 aliphatic heterocycles. The van der Waals surface area contributed by atoms with Crippen LogP contribution in [0, 0.1) is 6.92 Å². The first kappa shape index (κ1) is 20.6. The predicted octanol–water partition coefficient (Wildman–Crippen LogP) is 0.626. The van der Waals surface area contributed by atoms with Crippen LogP contribution >= 0.6 is 0 Å². The van der Waals surface area contributed by atoms with Crippen molar-refractivity contribution in [3.63, 3.8) is 0 Å². The molecule has 152 valence electrons. The van der Waals surface area contributed by atoms with Gasteiger partial charge in [-0.05, 0) is 26.0 Å². The normalized spacial score (nSPS) is 17.0. The number of aryl methyl sites for hydroxylation is 2. The monoisotopic (exact) mass is 426 g/mol. The molecule has 0 bridgehead atoms. The van der Waals surface area contributed by atoms with Crippen molar-refractivity contribution in [1.29, 1.82) is 0 Å². The molecule has 0 atom stereocenters. The molecular weight excluding hydrogens is 404 g/mol. The topological polar surface area (TPSA) is 110 Å². The second kappa shape index (κ2) is 7.39. The maximum absolute atomic E-state index is 12.8. The van der Waals surface area contributed by atoms with E-state index in [-0.39, 0.29) is 41.9 Å². The summed E-state index contributed by atoms with van der Waals surface area (Å²) >= 11 is 0. The standard InChI is InChI=1S/C17H22N4O5S2/c1-13(22)15-4-6-16(7-5-15)27(23,24)20-8-10-21(11-9-20)28(25,26)17-12-19(3)14(2)18-17/h4-7,12H,8-11H2,1-3H3. The van der Waals surface area contributed by atoms with Gasteiger partial charge in [-0.3, -0.25) is 4.79 Å². The summed E-state index contributed by atoms with van der Waals surface area (Å²) in [5.74, 6) is 0.432. The second-order valence-corrected chi connectivity index (χ2v) is 10.4. The zero-order chi connectivity index (χ0) is 20.7. The summed E-state index contributed by atoms with van der Waals surface area (Å²) in [6, 6.07) is 5.73. The minimum Gasteiger partial charge on any atom is -0.337 e. The smallest absolute Gasteiger partial charge is 0.262 e. The molecule has 0 amide bonds.